The highest BCUT2D eigenvalue weighted by molar-refractivity contribution is 6.32. The van der Waals surface area contributed by atoms with Gasteiger partial charge in [-0.15, -0.1) is 0 Å². The number of halogens is 1. The van der Waals surface area contributed by atoms with Crippen LogP contribution in [0.15, 0.2) is 12.1 Å². The summed E-state index contributed by atoms with van der Waals surface area (Å²) in [6.45, 7) is 0. The number of ether oxygens (including phenoxy) is 3. The van der Waals surface area contributed by atoms with Crippen molar-refractivity contribution < 1.29 is 19.0 Å². The second kappa shape index (κ2) is 4.89. The van der Waals surface area contributed by atoms with E-state index < -0.39 is 5.97 Å². The summed E-state index contributed by atoms with van der Waals surface area (Å²) in [6.07, 6.45) is 0. The van der Waals surface area contributed by atoms with Crippen molar-refractivity contribution in [2.45, 2.75) is 0 Å². The van der Waals surface area contributed by atoms with Crippen molar-refractivity contribution >= 4 is 17.6 Å². The Kier molecular flexibility index (Phi) is 3.80. The lowest BCUT2D eigenvalue weighted by Crippen LogP contribution is -2.04. The molecule has 1 rings (SSSR count). The van der Waals surface area contributed by atoms with E-state index in [0.29, 0.717) is 16.5 Å². The third-order valence-corrected chi connectivity index (χ3v) is 2.17. The lowest BCUT2D eigenvalue weighted by atomic mass is 10.2. The minimum atomic E-state index is -0.503. The van der Waals surface area contributed by atoms with Crippen LogP contribution >= 0.6 is 11.6 Å². The van der Waals surface area contributed by atoms with Crippen molar-refractivity contribution in [1.29, 1.82) is 0 Å². The second-order valence-corrected chi connectivity index (χ2v) is 3.09. The van der Waals surface area contributed by atoms with Gasteiger partial charge in [0.2, 0.25) is 0 Å². The number of esters is 1. The highest BCUT2D eigenvalue weighted by Crippen LogP contribution is 2.32. The molecular weight excluding hydrogens is 220 g/mol. The molecule has 0 saturated heterocycles. The molecule has 0 aliphatic carbocycles. The van der Waals surface area contributed by atoms with E-state index in [0.717, 1.165) is 0 Å². The first-order valence-electron chi connectivity index (χ1n) is 4.13. The Morgan fingerprint density at radius 1 is 1.13 bits per heavy atom. The van der Waals surface area contributed by atoms with E-state index in [1.165, 1.54) is 33.5 Å². The number of carbonyl (C=O) groups excluding carboxylic acids is 1. The van der Waals surface area contributed by atoms with Crippen LogP contribution in [0.2, 0.25) is 5.02 Å². The summed E-state index contributed by atoms with van der Waals surface area (Å²) in [4.78, 5) is 11.3. The molecule has 82 valence electrons. The van der Waals surface area contributed by atoms with Crippen molar-refractivity contribution in [2.75, 3.05) is 21.3 Å². The van der Waals surface area contributed by atoms with Crippen LogP contribution < -0.4 is 9.47 Å². The van der Waals surface area contributed by atoms with Gasteiger partial charge in [0.15, 0.2) is 0 Å². The maximum absolute atomic E-state index is 11.3. The summed E-state index contributed by atoms with van der Waals surface area (Å²) in [6, 6.07) is 2.99. The van der Waals surface area contributed by atoms with Crippen LogP contribution in [0.1, 0.15) is 10.4 Å². The van der Waals surface area contributed by atoms with Crippen molar-refractivity contribution in [2.24, 2.45) is 0 Å². The molecule has 1 aromatic rings. The average Bonchev–Trinajstić information content (AvgIpc) is 2.27. The molecule has 0 fully saturated rings. The Labute approximate surface area is 92.7 Å². The van der Waals surface area contributed by atoms with Gasteiger partial charge in [-0.2, -0.15) is 0 Å². The maximum Gasteiger partial charge on any atom is 0.341 e. The van der Waals surface area contributed by atoms with Gasteiger partial charge in [0.1, 0.15) is 17.1 Å². The summed E-state index contributed by atoms with van der Waals surface area (Å²) < 4.78 is 14.6. The normalized spacial score (nSPS) is 9.60. The fourth-order valence-corrected chi connectivity index (χ4v) is 1.37. The molecule has 0 bridgehead atoms. The van der Waals surface area contributed by atoms with Crippen molar-refractivity contribution in [3.05, 3.63) is 22.7 Å². The van der Waals surface area contributed by atoms with Gasteiger partial charge in [-0.1, -0.05) is 11.6 Å². The van der Waals surface area contributed by atoms with Gasteiger partial charge >= 0.3 is 5.97 Å². The van der Waals surface area contributed by atoms with Crippen molar-refractivity contribution in [3.8, 4) is 11.5 Å². The predicted molar refractivity (Wildman–Crippen MR) is 55.9 cm³/mol. The largest absolute Gasteiger partial charge is 0.496 e. The Morgan fingerprint density at radius 2 is 1.73 bits per heavy atom. The minimum absolute atomic E-state index is 0.269. The van der Waals surface area contributed by atoms with E-state index in [1.54, 1.807) is 0 Å². The Balaban J connectivity index is 3.27. The van der Waals surface area contributed by atoms with Crippen LogP contribution in [-0.4, -0.2) is 27.3 Å². The zero-order valence-corrected chi connectivity index (χ0v) is 9.42. The van der Waals surface area contributed by atoms with Crippen LogP contribution in [0, 0.1) is 0 Å². The van der Waals surface area contributed by atoms with E-state index in [-0.39, 0.29) is 5.56 Å². The molecule has 0 spiro atoms. The van der Waals surface area contributed by atoms with Crippen molar-refractivity contribution in [3.63, 3.8) is 0 Å². The number of carbonyl (C=O) groups is 1. The molecule has 0 aromatic heterocycles. The van der Waals surface area contributed by atoms with Gasteiger partial charge in [0, 0.05) is 6.07 Å². The first-order valence-corrected chi connectivity index (χ1v) is 4.51. The predicted octanol–water partition coefficient (Wildman–Crippen LogP) is 2.14. The van der Waals surface area contributed by atoms with Crippen LogP contribution in [0.25, 0.3) is 0 Å². The van der Waals surface area contributed by atoms with Gasteiger partial charge < -0.3 is 14.2 Å². The summed E-state index contributed by atoms with van der Waals surface area (Å²) in [7, 11) is 4.23. The summed E-state index contributed by atoms with van der Waals surface area (Å²) in [5.74, 6) is 0.306. The van der Waals surface area contributed by atoms with Gasteiger partial charge in [-0.05, 0) is 6.07 Å². The van der Waals surface area contributed by atoms with E-state index in [9.17, 15) is 4.79 Å². The molecule has 0 aliphatic heterocycles. The van der Waals surface area contributed by atoms with E-state index >= 15 is 0 Å². The summed E-state index contributed by atoms with van der Waals surface area (Å²) in [5.41, 5.74) is 0.269. The molecule has 0 amide bonds. The molecule has 4 nitrogen and oxygen atoms in total. The van der Waals surface area contributed by atoms with Gasteiger partial charge in [0.25, 0.3) is 0 Å². The molecule has 0 unspecified atom stereocenters. The lowest BCUT2D eigenvalue weighted by molar-refractivity contribution is 0.0597. The van der Waals surface area contributed by atoms with Crippen LogP contribution in [0.4, 0.5) is 0 Å². The molecule has 15 heavy (non-hydrogen) atoms. The average molecular weight is 231 g/mol. The van der Waals surface area contributed by atoms with E-state index in [2.05, 4.69) is 4.74 Å². The Hall–Kier alpha value is -1.42. The van der Waals surface area contributed by atoms with Crippen molar-refractivity contribution in [1.82, 2.24) is 0 Å². The fraction of sp³-hybridized carbons (Fsp3) is 0.300. The molecule has 0 atom stereocenters. The van der Waals surface area contributed by atoms with E-state index in [4.69, 9.17) is 21.1 Å². The highest BCUT2D eigenvalue weighted by Gasteiger charge is 2.16. The number of hydrogen-bond donors (Lipinski definition) is 0. The molecule has 0 heterocycles. The summed E-state index contributed by atoms with van der Waals surface area (Å²) in [5, 5.41) is 0.332. The number of rotatable bonds is 3. The lowest BCUT2D eigenvalue weighted by Gasteiger charge is -2.10. The fourth-order valence-electron chi connectivity index (χ4n) is 1.13. The Bertz CT molecular complexity index is 376. The molecular formula is C10H11ClO4. The van der Waals surface area contributed by atoms with Crippen LogP contribution in [0.5, 0.6) is 11.5 Å². The molecule has 0 radical (unpaired) electrons. The number of benzene rings is 1. The van der Waals surface area contributed by atoms with Gasteiger partial charge in [-0.3, -0.25) is 0 Å². The molecule has 1 aromatic carbocycles. The van der Waals surface area contributed by atoms with Gasteiger partial charge in [-0.25, -0.2) is 4.79 Å². The van der Waals surface area contributed by atoms with Crippen LogP contribution in [-0.2, 0) is 4.74 Å². The standard InChI is InChI=1S/C10H11ClO4/c1-13-8-5-9(14-2)7(11)4-6(8)10(12)15-3/h4-5H,1-3H3. The quantitative estimate of drug-likeness (QED) is 0.747. The topological polar surface area (TPSA) is 44.8 Å². The van der Waals surface area contributed by atoms with E-state index in [1.807, 2.05) is 0 Å². The SMILES string of the molecule is COC(=O)c1cc(Cl)c(OC)cc1OC. The zero-order valence-electron chi connectivity index (χ0n) is 8.67. The second-order valence-electron chi connectivity index (χ2n) is 2.68. The molecule has 0 saturated carbocycles. The highest BCUT2D eigenvalue weighted by atomic mass is 35.5. The third kappa shape index (κ3) is 2.33. The van der Waals surface area contributed by atoms with Gasteiger partial charge in [0.05, 0.1) is 26.4 Å². The number of hydrogen-bond acceptors (Lipinski definition) is 4. The monoisotopic (exact) mass is 230 g/mol. The third-order valence-electron chi connectivity index (χ3n) is 1.88. The first kappa shape index (κ1) is 11.7. The first-order chi connectivity index (χ1) is 7.13. The minimum Gasteiger partial charge on any atom is -0.496 e. The smallest absolute Gasteiger partial charge is 0.341 e. The maximum atomic E-state index is 11.3. The zero-order chi connectivity index (χ0) is 11.4. The summed E-state index contributed by atoms with van der Waals surface area (Å²) >= 11 is 5.87. The van der Waals surface area contributed by atoms with Crippen LogP contribution in [0.3, 0.4) is 0 Å². The Morgan fingerprint density at radius 3 is 2.20 bits per heavy atom. The molecule has 5 heteroatoms. The molecule has 0 N–H and O–H groups in total. The molecule has 0 aliphatic rings. The number of methoxy groups -OCH3 is 3.